The number of alkyl halides is 2. The van der Waals surface area contributed by atoms with E-state index in [1.165, 1.54) is 0 Å². The number of halogens is 2. The van der Waals surface area contributed by atoms with E-state index in [1.54, 1.807) is 0 Å². The molecule has 1 rings (SSSR count). The average molecular weight is 322 g/mol. The number of nitrogens with one attached hydrogen (secondary N) is 1. The molecular weight excluding hydrogens is 302 g/mol. The Balaban J connectivity index is 3.06. The molecule has 1 aromatic heterocycles. The van der Waals surface area contributed by atoms with Crippen molar-refractivity contribution < 1.29 is 17.2 Å². The SMILES string of the molecule is CC(C)(C)[Si](C)(C)NS(=O)(=O)c1ccc(C(F)F)nc1. The summed E-state index contributed by atoms with van der Waals surface area (Å²) in [6, 6.07) is 2.19. The normalized spacial score (nSPS) is 13.8. The van der Waals surface area contributed by atoms with E-state index < -0.39 is 30.4 Å². The lowest BCUT2D eigenvalue weighted by atomic mass is 10.2. The van der Waals surface area contributed by atoms with E-state index in [4.69, 9.17) is 0 Å². The molecule has 20 heavy (non-hydrogen) atoms. The molecule has 0 aliphatic carbocycles. The minimum atomic E-state index is -3.74. The van der Waals surface area contributed by atoms with Crippen molar-refractivity contribution in [2.75, 3.05) is 0 Å². The quantitative estimate of drug-likeness (QED) is 0.865. The molecule has 0 aromatic carbocycles. The molecule has 0 fully saturated rings. The van der Waals surface area contributed by atoms with Crippen molar-refractivity contribution in [2.24, 2.45) is 0 Å². The molecule has 0 saturated heterocycles. The third-order valence-corrected chi connectivity index (χ3v) is 11.3. The molecule has 0 saturated carbocycles. The Kier molecular flexibility index (Phi) is 4.72. The van der Waals surface area contributed by atoms with Crippen molar-refractivity contribution in [1.29, 1.82) is 0 Å². The Hall–Kier alpha value is -0.863. The van der Waals surface area contributed by atoms with Crippen LogP contribution >= 0.6 is 0 Å². The van der Waals surface area contributed by atoms with Gasteiger partial charge in [-0.25, -0.2) is 21.6 Å². The highest BCUT2D eigenvalue weighted by molar-refractivity contribution is 7.91. The molecule has 8 heteroatoms. The number of pyridine rings is 1. The van der Waals surface area contributed by atoms with E-state index >= 15 is 0 Å². The summed E-state index contributed by atoms with van der Waals surface area (Å²) in [6.07, 6.45) is -1.74. The van der Waals surface area contributed by atoms with Crippen LogP contribution in [0.25, 0.3) is 0 Å². The highest BCUT2D eigenvalue weighted by atomic mass is 32.2. The average Bonchev–Trinajstić information content (AvgIpc) is 2.26. The first kappa shape index (κ1) is 17.2. The van der Waals surface area contributed by atoms with Gasteiger partial charge in [-0.1, -0.05) is 33.9 Å². The second kappa shape index (κ2) is 5.49. The Morgan fingerprint density at radius 1 is 1.25 bits per heavy atom. The molecule has 0 amide bonds. The third-order valence-electron chi connectivity index (χ3n) is 3.56. The molecule has 114 valence electrons. The first-order chi connectivity index (χ1) is 8.87. The summed E-state index contributed by atoms with van der Waals surface area (Å²) in [5.41, 5.74) is -0.434. The fourth-order valence-corrected chi connectivity index (χ4v) is 6.05. The van der Waals surface area contributed by atoms with Crippen LogP contribution in [0.3, 0.4) is 0 Å². The maximum absolute atomic E-state index is 12.4. The van der Waals surface area contributed by atoms with E-state index in [0.717, 1.165) is 18.3 Å². The van der Waals surface area contributed by atoms with Crippen molar-refractivity contribution >= 4 is 18.3 Å². The van der Waals surface area contributed by atoms with E-state index in [9.17, 15) is 17.2 Å². The summed E-state index contributed by atoms with van der Waals surface area (Å²) in [7, 11) is -6.01. The van der Waals surface area contributed by atoms with Gasteiger partial charge in [-0.3, -0.25) is 4.98 Å². The van der Waals surface area contributed by atoms with Crippen molar-refractivity contribution in [2.45, 2.75) is 50.2 Å². The number of nitrogens with zero attached hydrogens (tertiary/aromatic N) is 1. The topological polar surface area (TPSA) is 59.1 Å². The second-order valence-corrected chi connectivity index (χ2v) is 13.2. The highest BCUT2D eigenvalue weighted by Gasteiger charge is 2.39. The van der Waals surface area contributed by atoms with Gasteiger partial charge in [0.05, 0.1) is 4.90 Å². The first-order valence-corrected chi connectivity index (χ1v) is 10.6. The predicted molar refractivity (Wildman–Crippen MR) is 76.7 cm³/mol. The minimum absolute atomic E-state index is 0.0910. The summed E-state index contributed by atoms with van der Waals surface area (Å²) < 4.78 is 52.1. The van der Waals surface area contributed by atoms with Gasteiger partial charge < -0.3 is 0 Å². The van der Waals surface area contributed by atoms with E-state index in [0.29, 0.717) is 0 Å². The smallest absolute Gasteiger partial charge is 0.254 e. The van der Waals surface area contributed by atoms with Gasteiger partial charge in [-0.15, -0.1) is 0 Å². The molecule has 0 atom stereocenters. The lowest BCUT2D eigenvalue weighted by Crippen LogP contribution is -2.54. The monoisotopic (exact) mass is 322 g/mol. The van der Waals surface area contributed by atoms with Gasteiger partial charge in [0, 0.05) is 6.20 Å². The number of rotatable bonds is 4. The van der Waals surface area contributed by atoms with Crippen LogP contribution in [0.5, 0.6) is 0 Å². The molecule has 0 radical (unpaired) electrons. The number of hydrogen-bond acceptors (Lipinski definition) is 3. The molecule has 1 aromatic rings. The van der Waals surface area contributed by atoms with Gasteiger partial charge >= 0.3 is 0 Å². The number of aromatic nitrogens is 1. The fraction of sp³-hybridized carbons (Fsp3) is 0.583. The van der Waals surface area contributed by atoms with E-state index in [-0.39, 0.29) is 9.93 Å². The summed E-state index contributed by atoms with van der Waals surface area (Å²) in [5, 5.41) is -0.170. The maximum Gasteiger partial charge on any atom is 0.280 e. The largest absolute Gasteiger partial charge is 0.280 e. The zero-order chi connectivity index (χ0) is 15.8. The zero-order valence-electron chi connectivity index (χ0n) is 12.2. The standard InChI is InChI=1S/C12H20F2N2O2SSi/c1-12(2,3)20(4,5)16-19(17,18)9-6-7-10(11(13)14)15-8-9/h6-8,11,16H,1-5H3. The zero-order valence-corrected chi connectivity index (χ0v) is 14.1. The summed E-state index contributed by atoms with van der Waals surface area (Å²) in [6.45, 7) is 9.73. The molecule has 0 aliphatic rings. The summed E-state index contributed by atoms with van der Waals surface area (Å²) in [5.74, 6) is 0. The van der Waals surface area contributed by atoms with E-state index in [2.05, 4.69) is 9.37 Å². The van der Waals surface area contributed by atoms with Gasteiger partial charge in [0.1, 0.15) is 13.9 Å². The predicted octanol–water partition coefficient (Wildman–Crippen LogP) is 3.30. The first-order valence-electron chi connectivity index (χ1n) is 6.15. The Morgan fingerprint density at radius 2 is 1.80 bits per heavy atom. The number of sulfonamides is 1. The second-order valence-electron chi connectivity index (χ2n) is 6.20. The van der Waals surface area contributed by atoms with Crippen LogP contribution in [0.1, 0.15) is 32.9 Å². The van der Waals surface area contributed by atoms with Crippen LogP contribution in [0.4, 0.5) is 8.78 Å². The van der Waals surface area contributed by atoms with Crippen LogP contribution in [0.2, 0.25) is 18.1 Å². The Labute approximate surface area is 119 Å². The van der Waals surface area contributed by atoms with Crippen molar-refractivity contribution in [3.63, 3.8) is 0 Å². The molecule has 1 heterocycles. The fourth-order valence-electron chi connectivity index (χ4n) is 1.23. The van der Waals surface area contributed by atoms with Gasteiger partial charge in [0.25, 0.3) is 6.43 Å². The molecular formula is C12H20F2N2O2SSi. The van der Waals surface area contributed by atoms with E-state index in [1.807, 2.05) is 33.9 Å². The van der Waals surface area contributed by atoms with Gasteiger partial charge in [-0.2, -0.15) is 0 Å². The van der Waals surface area contributed by atoms with Crippen LogP contribution in [0.15, 0.2) is 23.2 Å². The molecule has 0 bridgehead atoms. The lowest BCUT2D eigenvalue weighted by molar-refractivity contribution is 0.146. The van der Waals surface area contributed by atoms with Crippen LogP contribution in [0, 0.1) is 0 Å². The summed E-state index contributed by atoms with van der Waals surface area (Å²) >= 11 is 0. The highest BCUT2D eigenvalue weighted by Crippen LogP contribution is 2.34. The van der Waals surface area contributed by atoms with Crippen molar-refractivity contribution in [3.05, 3.63) is 24.0 Å². The van der Waals surface area contributed by atoms with Gasteiger partial charge in [0.2, 0.25) is 10.0 Å². The van der Waals surface area contributed by atoms with Crippen molar-refractivity contribution in [1.82, 2.24) is 9.37 Å². The Bertz CT molecular complexity index is 566. The van der Waals surface area contributed by atoms with Gasteiger partial charge in [0.15, 0.2) is 0 Å². The van der Waals surface area contributed by atoms with Gasteiger partial charge in [-0.05, 0) is 17.2 Å². The molecule has 0 unspecified atom stereocenters. The molecule has 0 spiro atoms. The molecule has 1 N–H and O–H groups in total. The van der Waals surface area contributed by atoms with Crippen LogP contribution in [-0.4, -0.2) is 21.6 Å². The maximum atomic E-state index is 12.4. The lowest BCUT2D eigenvalue weighted by Gasteiger charge is -2.36. The minimum Gasteiger partial charge on any atom is -0.254 e. The summed E-state index contributed by atoms with van der Waals surface area (Å²) in [4.78, 5) is 3.39. The van der Waals surface area contributed by atoms with Crippen LogP contribution < -0.4 is 4.39 Å². The number of hydrogen-bond donors (Lipinski definition) is 1. The van der Waals surface area contributed by atoms with Crippen LogP contribution in [-0.2, 0) is 10.0 Å². The van der Waals surface area contributed by atoms with Crippen molar-refractivity contribution in [3.8, 4) is 0 Å². The third kappa shape index (κ3) is 3.83. The molecule has 0 aliphatic heterocycles. The Morgan fingerprint density at radius 3 is 2.15 bits per heavy atom. The molecule has 4 nitrogen and oxygen atoms in total.